The Hall–Kier alpha value is -1.27. The van der Waals surface area contributed by atoms with Crippen molar-refractivity contribution in [3.8, 4) is 0 Å². The molecule has 1 atom stereocenters. The van der Waals surface area contributed by atoms with Crippen LogP contribution in [0, 0.1) is 11.7 Å². The summed E-state index contributed by atoms with van der Waals surface area (Å²) in [5.74, 6) is 2.75. The molecular formula is C21H33FN4S. The van der Waals surface area contributed by atoms with Crippen molar-refractivity contribution in [3.05, 3.63) is 35.6 Å². The van der Waals surface area contributed by atoms with Gasteiger partial charge < -0.3 is 10.6 Å². The van der Waals surface area contributed by atoms with Crippen LogP contribution in [0.2, 0.25) is 0 Å². The monoisotopic (exact) mass is 392 g/mol. The number of hydrogen-bond acceptors (Lipinski definition) is 3. The smallest absolute Gasteiger partial charge is 0.191 e. The van der Waals surface area contributed by atoms with Gasteiger partial charge in [-0.2, -0.15) is 11.8 Å². The molecule has 0 amide bonds. The van der Waals surface area contributed by atoms with Crippen molar-refractivity contribution in [2.24, 2.45) is 10.9 Å². The lowest BCUT2D eigenvalue weighted by molar-refractivity contribution is 0.176. The molecule has 0 aliphatic carbocycles. The van der Waals surface area contributed by atoms with Crippen LogP contribution in [0.1, 0.15) is 38.2 Å². The predicted octanol–water partition coefficient (Wildman–Crippen LogP) is 3.49. The summed E-state index contributed by atoms with van der Waals surface area (Å²) in [7, 11) is 1.84. The largest absolute Gasteiger partial charge is 0.356 e. The number of guanidine groups is 1. The van der Waals surface area contributed by atoms with Gasteiger partial charge in [-0.3, -0.25) is 9.89 Å². The zero-order valence-corrected chi connectivity index (χ0v) is 17.5. The lowest BCUT2D eigenvalue weighted by Crippen LogP contribution is -2.46. The molecule has 0 radical (unpaired) electrons. The highest BCUT2D eigenvalue weighted by Crippen LogP contribution is 2.36. The molecule has 2 N–H and O–H groups in total. The van der Waals surface area contributed by atoms with Crippen LogP contribution in [-0.4, -0.2) is 54.6 Å². The Morgan fingerprint density at radius 3 is 2.74 bits per heavy atom. The lowest BCUT2D eigenvalue weighted by Gasteiger charge is -2.32. The summed E-state index contributed by atoms with van der Waals surface area (Å²) >= 11 is 2.07. The fraction of sp³-hybridized carbons (Fsp3) is 0.667. The molecule has 150 valence electrons. The molecule has 3 rings (SSSR count). The third kappa shape index (κ3) is 6.11. The fourth-order valence-electron chi connectivity index (χ4n) is 3.92. The molecule has 4 nitrogen and oxygen atoms in total. The first kappa shape index (κ1) is 20.5. The molecule has 6 heteroatoms. The molecule has 2 aliphatic heterocycles. The van der Waals surface area contributed by atoms with Gasteiger partial charge in [0.15, 0.2) is 5.96 Å². The van der Waals surface area contributed by atoms with E-state index in [9.17, 15) is 4.39 Å². The van der Waals surface area contributed by atoms with E-state index in [2.05, 4.69) is 39.2 Å². The fourth-order valence-corrected chi connectivity index (χ4v) is 5.17. The van der Waals surface area contributed by atoms with Crippen molar-refractivity contribution in [3.63, 3.8) is 0 Å². The van der Waals surface area contributed by atoms with Crippen LogP contribution >= 0.6 is 11.8 Å². The standard InChI is InChI=1S/C21H33FN4S/c1-21(10-5-13-27-21)16-25-20(23-2)24-14-17-8-11-26(12-9-17)15-18-6-3-4-7-19(18)22/h3-4,6-7,17H,5,8-16H2,1-2H3,(H2,23,24,25). The molecule has 2 fully saturated rings. The highest BCUT2D eigenvalue weighted by Gasteiger charge is 2.29. The Morgan fingerprint density at radius 2 is 2.07 bits per heavy atom. The second-order valence-corrected chi connectivity index (χ2v) is 9.70. The third-order valence-corrected chi connectivity index (χ3v) is 7.31. The number of nitrogens with one attached hydrogen (secondary N) is 2. The van der Waals surface area contributed by atoms with Crippen molar-refractivity contribution in [1.82, 2.24) is 15.5 Å². The summed E-state index contributed by atoms with van der Waals surface area (Å²) in [6, 6.07) is 7.11. The molecule has 2 saturated heterocycles. The van der Waals surface area contributed by atoms with Crippen molar-refractivity contribution >= 4 is 17.7 Å². The summed E-state index contributed by atoms with van der Waals surface area (Å²) in [6.45, 7) is 7.04. The van der Waals surface area contributed by atoms with Crippen LogP contribution in [0.15, 0.2) is 29.3 Å². The maximum absolute atomic E-state index is 13.8. The third-order valence-electron chi connectivity index (χ3n) is 5.77. The van der Waals surface area contributed by atoms with E-state index in [1.165, 1.54) is 18.6 Å². The van der Waals surface area contributed by atoms with Gasteiger partial charge in [-0.15, -0.1) is 0 Å². The summed E-state index contributed by atoms with van der Waals surface area (Å²) in [5.41, 5.74) is 0.803. The van der Waals surface area contributed by atoms with Gasteiger partial charge in [0.05, 0.1) is 0 Å². The Bertz CT molecular complexity index is 622. The number of halogens is 1. The van der Waals surface area contributed by atoms with Gasteiger partial charge in [0.1, 0.15) is 5.82 Å². The second kappa shape index (κ2) is 9.78. The molecular weight excluding hydrogens is 359 g/mol. The van der Waals surface area contributed by atoms with E-state index in [0.717, 1.165) is 50.5 Å². The van der Waals surface area contributed by atoms with Crippen LogP contribution in [0.4, 0.5) is 4.39 Å². The van der Waals surface area contributed by atoms with Crippen LogP contribution in [0.25, 0.3) is 0 Å². The Morgan fingerprint density at radius 1 is 1.30 bits per heavy atom. The molecule has 27 heavy (non-hydrogen) atoms. The summed E-state index contributed by atoms with van der Waals surface area (Å²) in [6.07, 6.45) is 4.89. The van der Waals surface area contributed by atoms with E-state index < -0.39 is 0 Å². The maximum Gasteiger partial charge on any atom is 0.191 e. The SMILES string of the molecule is CN=C(NCC1CCN(Cc2ccccc2F)CC1)NCC1(C)CCCS1. The zero-order chi connectivity index (χ0) is 19.1. The van der Waals surface area contributed by atoms with Crippen LogP contribution in [0.3, 0.4) is 0 Å². The number of rotatable bonds is 6. The highest BCUT2D eigenvalue weighted by atomic mass is 32.2. The first-order valence-electron chi connectivity index (χ1n) is 10.1. The van der Waals surface area contributed by atoms with E-state index in [-0.39, 0.29) is 5.82 Å². The summed E-state index contributed by atoms with van der Waals surface area (Å²) in [5, 5.41) is 7.01. The molecule has 0 bridgehead atoms. The summed E-state index contributed by atoms with van der Waals surface area (Å²) < 4.78 is 14.2. The average Bonchev–Trinajstić information content (AvgIpc) is 3.12. The molecule has 0 spiro atoms. The highest BCUT2D eigenvalue weighted by molar-refractivity contribution is 8.00. The second-order valence-electron chi connectivity index (χ2n) is 8.02. The Kier molecular flexibility index (Phi) is 7.41. The van der Waals surface area contributed by atoms with Crippen molar-refractivity contribution < 1.29 is 4.39 Å². The zero-order valence-electron chi connectivity index (χ0n) is 16.6. The van der Waals surface area contributed by atoms with E-state index in [4.69, 9.17) is 0 Å². The van der Waals surface area contributed by atoms with Gasteiger partial charge in [0, 0.05) is 37.0 Å². The molecule has 0 aromatic heterocycles. The molecule has 2 heterocycles. The topological polar surface area (TPSA) is 39.7 Å². The first-order valence-corrected chi connectivity index (χ1v) is 11.1. The minimum Gasteiger partial charge on any atom is -0.356 e. The Labute approximate surface area is 167 Å². The van der Waals surface area contributed by atoms with Crippen molar-refractivity contribution in [2.45, 2.75) is 43.9 Å². The van der Waals surface area contributed by atoms with Gasteiger partial charge in [-0.25, -0.2) is 4.39 Å². The van der Waals surface area contributed by atoms with Gasteiger partial charge in [0.2, 0.25) is 0 Å². The van der Waals surface area contributed by atoms with Crippen LogP contribution in [0.5, 0.6) is 0 Å². The molecule has 1 aromatic carbocycles. The van der Waals surface area contributed by atoms with Crippen LogP contribution < -0.4 is 10.6 Å². The maximum atomic E-state index is 13.8. The van der Waals surface area contributed by atoms with E-state index in [1.54, 1.807) is 12.1 Å². The molecule has 2 aliphatic rings. The first-order chi connectivity index (χ1) is 13.1. The number of nitrogens with zero attached hydrogens (tertiary/aromatic N) is 2. The van der Waals surface area contributed by atoms with Crippen molar-refractivity contribution in [1.29, 1.82) is 0 Å². The van der Waals surface area contributed by atoms with Gasteiger partial charge in [-0.05, 0) is 63.4 Å². The summed E-state index contributed by atoms with van der Waals surface area (Å²) in [4.78, 5) is 6.74. The van der Waals surface area contributed by atoms with Gasteiger partial charge in [0.25, 0.3) is 0 Å². The molecule has 0 saturated carbocycles. The minimum atomic E-state index is -0.0923. The average molecular weight is 393 g/mol. The number of aliphatic imine (C=N–C) groups is 1. The number of benzene rings is 1. The molecule has 1 unspecified atom stereocenters. The number of piperidine rings is 1. The lowest BCUT2D eigenvalue weighted by atomic mass is 9.96. The Balaban J connectivity index is 1.36. The van der Waals surface area contributed by atoms with Gasteiger partial charge in [-0.1, -0.05) is 18.2 Å². The van der Waals surface area contributed by atoms with Crippen LogP contribution in [-0.2, 0) is 6.54 Å². The van der Waals surface area contributed by atoms with E-state index in [0.29, 0.717) is 17.2 Å². The van der Waals surface area contributed by atoms with Gasteiger partial charge >= 0.3 is 0 Å². The minimum absolute atomic E-state index is 0.0923. The quantitative estimate of drug-likeness (QED) is 0.574. The number of hydrogen-bond donors (Lipinski definition) is 2. The predicted molar refractivity (Wildman–Crippen MR) is 114 cm³/mol. The van der Waals surface area contributed by atoms with Crippen molar-refractivity contribution in [2.75, 3.05) is 39.0 Å². The normalized spacial score (nSPS) is 24.9. The number of likely N-dealkylation sites (tertiary alicyclic amines) is 1. The molecule has 1 aromatic rings. The van der Waals surface area contributed by atoms with E-state index >= 15 is 0 Å². The number of thioether (sulfide) groups is 1. The van der Waals surface area contributed by atoms with E-state index in [1.807, 2.05) is 19.2 Å².